The first-order chi connectivity index (χ1) is 18.1. The molecule has 198 valence electrons. The van der Waals surface area contributed by atoms with Crippen LogP contribution in [0.1, 0.15) is 29.5 Å². The number of carbonyl (C=O) groups excluding carboxylic acids is 1. The van der Waals surface area contributed by atoms with E-state index >= 15 is 0 Å². The third-order valence-electron chi connectivity index (χ3n) is 6.93. The van der Waals surface area contributed by atoms with Crippen LogP contribution >= 0.6 is 11.3 Å². The van der Waals surface area contributed by atoms with E-state index in [0.29, 0.717) is 17.7 Å². The summed E-state index contributed by atoms with van der Waals surface area (Å²) in [6, 6.07) is 16.2. The maximum Gasteiger partial charge on any atom is 0.245 e. The predicted octanol–water partition coefficient (Wildman–Crippen LogP) is 5.83. The van der Waals surface area contributed by atoms with Crippen LogP contribution in [-0.2, 0) is 21.4 Å². The van der Waals surface area contributed by atoms with E-state index in [2.05, 4.69) is 0 Å². The molecule has 1 amide bonds. The number of halogens is 2. The maximum absolute atomic E-state index is 14.2. The number of thiazole rings is 1. The lowest BCUT2D eigenvalue weighted by Gasteiger charge is -2.33. The molecule has 1 saturated heterocycles. The van der Waals surface area contributed by atoms with Gasteiger partial charge in [-0.25, -0.2) is 22.2 Å². The summed E-state index contributed by atoms with van der Waals surface area (Å²) >= 11 is 1.48. The van der Waals surface area contributed by atoms with Crippen molar-refractivity contribution in [3.05, 3.63) is 89.0 Å². The van der Waals surface area contributed by atoms with Crippen molar-refractivity contribution < 1.29 is 22.0 Å². The summed E-state index contributed by atoms with van der Waals surface area (Å²) in [5.41, 5.74) is 3.96. The zero-order chi connectivity index (χ0) is 27.0. The normalized spacial score (nSPS) is 15.2. The summed E-state index contributed by atoms with van der Waals surface area (Å²) in [7, 11) is -4.15. The van der Waals surface area contributed by atoms with Crippen LogP contribution in [0.5, 0.6) is 0 Å². The van der Waals surface area contributed by atoms with Crippen molar-refractivity contribution in [2.45, 2.75) is 38.1 Å². The van der Waals surface area contributed by atoms with E-state index < -0.39 is 32.5 Å². The minimum atomic E-state index is -4.15. The number of rotatable bonds is 6. The van der Waals surface area contributed by atoms with Crippen LogP contribution < -0.4 is 4.90 Å². The molecule has 0 saturated carbocycles. The number of aromatic nitrogens is 1. The van der Waals surface area contributed by atoms with Gasteiger partial charge in [0.15, 0.2) is 5.13 Å². The average Bonchev–Trinajstić information content (AvgIpc) is 3.36. The third-order valence-corrected chi connectivity index (χ3v) is 10.1. The molecule has 0 atom stereocenters. The highest BCUT2D eigenvalue weighted by atomic mass is 32.2. The summed E-state index contributed by atoms with van der Waals surface area (Å²) in [6.07, 6.45) is 0.574. The van der Waals surface area contributed by atoms with Crippen LogP contribution in [0.15, 0.2) is 65.6 Å². The lowest BCUT2D eigenvalue weighted by Crippen LogP contribution is -2.44. The van der Waals surface area contributed by atoms with Crippen molar-refractivity contribution in [1.82, 2.24) is 9.29 Å². The molecule has 5 rings (SSSR count). The first-order valence-electron chi connectivity index (χ1n) is 12.3. The number of amides is 1. The van der Waals surface area contributed by atoms with Gasteiger partial charge in [0.05, 0.1) is 16.8 Å². The number of piperidine rings is 1. The number of aryl methyl sites for hydroxylation is 2. The fraction of sp³-hybridized carbons (Fsp3) is 0.286. The minimum absolute atomic E-state index is 0.0623. The van der Waals surface area contributed by atoms with Crippen molar-refractivity contribution in [2.24, 2.45) is 5.92 Å². The standard InChI is InChI=1S/C28H27F2N3O3S2/c1-18-8-9-19(2)26-25(18)31-28(37-26)33(17-20-6-4-3-5-7-20)27(34)21-12-14-32(15-13-21)38(35,36)24-11-10-22(29)16-23(24)30/h3-11,16,21H,12-15,17H2,1-2H3. The van der Waals surface area contributed by atoms with Gasteiger partial charge in [0.25, 0.3) is 0 Å². The van der Waals surface area contributed by atoms with Gasteiger partial charge < -0.3 is 0 Å². The monoisotopic (exact) mass is 555 g/mol. The molecule has 1 aliphatic rings. The minimum Gasteiger partial charge on any atom is -0.283 e. The van der Waals surface area contributed by atoms with Gasteiger partial charge in [-0.1, -0.05) is 53.8 Å². The van der Waals surface area contributed by atoms with Gasteiger partial charge in [-0.15, -0.1) is 0 Å². The van der Waals surface area contributed by atoms with Crippen molar-refractivity contribution in [1.29, 1.82) is 0 Å². The second kappa shape index (κ2) is 10.5. The molecule has 0 radical (unpaired) electrons. The first kappa shape index (κ1) is 26.4. The van der Waals surface area contributed by atoms with Crippen molar-refractivity contribution in [3.8, 4) is 0 Å². The van der Waals surface area contributed by atoms with E-state index in [-0.39, 0.29) is 31.8 Å². The Bertz CT molecular complexity index is 1560. The fourth-order valence-corrected chi connectivity index (χ4v) is 7.39. The second-order valence-electron chi connectivity index (χ2n) is 9.54. The predicted molar refractivity (Wildman–Crippen MR) is 145 cm³/mol. The molecule has 2 heterocycles. The van der Waals surface area contributed by atoms with Crippen LogP contribution in [-0.4, -0.2) is 36.7 Å². The summed E-state index contributed by atoms with van der Waals surface area (Å²) < 4.78 is 55.8. The lowest BCUT2D eigenvalue weighted by molar-refractivity contribution is -0.123. The van der Waals surface area contributed by atoms with Crippen LogP contribution in [0, 0.1) is 31.4 Å². The highest BCUT2D eigenvalue weighted by Crippen LogP contribution is 2.36. The zero-order valence-corrected chi connectivity index (χ0v) is 22.7. The number of hydrogen-bond acceptors (Lipinski definition) is 5. The van der Waals surface area contributed by atoms with Crippen molar-refractivity contribution in [3.63, 3.8) is 0 Å². The number of benzene rings is 3. The van der Waals surface area contributed by atoms with Crippen LogP contribution in [0.4, 0.5) is 13.9 Å². The van der Waals surface area contributed by atoms with E-state index in [9.17, 15) is 22.0 Å². The van der Waals surface area contributed by atoms with Gasteiger partial charge in [-0.2, -0.15) is 4.31 Å². The van der Waals surface area contributed by atoms with E-state index in [0.717, 1.165) is 39.0 Å². The number of sulfonamides is 1. The van der Waals surface area contributed by atoms with Gasteiger partial charge in [-0.05, 0) is 55.5 Å². The Morgan fingerprint density at radius 3 is 2.37 bits per heavy atom. The van der Waals surface area contributed by atoms with E-state index in [1.54, 1.807) is 4.90 Å². The molecule has 1 fully saturated rings. The highest BCUT2D eigenvalue weighted by Gasteiger charge is 2.36. The highest BCUT2D eigenvalue weighted by molar-refractivity contribution is 7.89. The van der Waals surface area contributed by atoms with Gasteiger partial charge in [0.2, 0.25) is 15.9 Å². The zero-order valence-electron chi connectivity index (χ0n) is 21.0. The smallest absolute Gasteiger partial charge is 0.245 e. The fourth-order valence-electron chi connectivity index (χ4n) is 4.76. The molecule has 0 spiro atoms. The second-order valence-corrected chi connectivity index (χ2v) is 12.4. The molecular formula is C28H27F2N3O3S2. The Morgan fingerprint density at radius 1 is 1.03 bits per heavy atom. The van der Waals surface area contributed by atoms with E-state index in [1.165, 1.54) is 15.6 Å². The largest absolute Gasteiger partial charge is 0.283 e. The number of nitrogens with zero attached hydrogens (tertiary/aromatic N) is 3. The van der Waals surface area contributed by atoms with Crippen molar-refractivity contribution >= 4 is 42.6 Å². The molecule has 0 aliphatic carbocycles. The number of fused-ring (bicyclic) bond motifs is 1. The molecule has 4 aromatic rings. The summed E-state index contributed by atoms with van der Waals surface area (Å²) in [5, 5.41) is 0.606. The van der Waals surface area contributed by atoms with Gasteiger partial charge in [-0.3, -0.25) is 9.69 Å². The first-order valence-corrected chi connectivity index (χ1v) is 14.6. The summed E-state index contributed by atoms with van der Waals surface area (Å²) in [5.74, 6) is -2.51. The van der Waals surface area contributed by atoms with Gasteiger partial charge in [0, 0.05) is 25.1 Å². The van der Waals surface area contributed by atoms with Gasteiger partial charge in [0.1, 0.15) is 16.5 Å². The molecule has 1 aliphatic heterocycles. The lowest BCUT2D eigenvalue weighted by atomic mass is 9.96. The van der Waals surface area contributed by atoms with Crippen LogP contribution in [0.2, 0.25) is 0 Å². The topological polar surface area (TPSA) is 70.6 Å². The molecule has 38 heavy (non-hydrogen) atoms. The number of hydrogen-bond donors (Lipinski definition) is 0. The van der Waals surface area contributed by atoms with Crippen LogP contribution in [0.3, 0.4) is 0 Å². The molecule has 10 heteroatoms. The van der Waals surface area contributed by atoms with E-state index in [4.69, 9.17) is 4.98 Å². The Kier molecular flexibility index (Phi) is 7.30. The Labute approximate surface area is 224 Å². The Hall–Kier alpha value is -3.21. The average molecular weight is 556 g/mol. The summed E-state index contributed by atoms with van der Waals surface area (Å²) in [4.78, 5) is 19.9. The number of carbonyl (C=O) groups is 1. The van der Waals surface area contributed by atoms with Gasteiger partial charge >= 0.3 is 0 Å². The maximum atomic E-state index is 14.2. The van der Waals surface area contributed by atoms with Crippen LogP contribution in [0.25, 0.3) is 10.2 Å². The molecule has 0 unspecified atom stereocenters. The molecular weight excluding hydrogens is 528 g/mol. The Morgan fingerprint density at radius 2 is 1.71 bits per heavy atom. The van der Waals surface area contributed by atoms with Crippen molar-refractivity contribution in [2.75, 3.05) is 18.0 Å². The number of anilines is 1. The quantitative estimate of drug-likeness (QED) is 0.300. The summed E-state index contributed by atoms with van der Waals surface area (Å²) in [6.45, 7) is 4.48. The molecule has 0 N–H and O–H groups in total. The Balaban J connectivity index is 1.40. The molecule has 3 aromatic carbocycles. The molecule has 1 aromatic heterocycles. The van der Waals surface area contributed by atoms with E-state index in [1.807, 2.05) is 56.3 Å². The molecule has 6 nitrogen and oxygen atoms in total. The molecule has 0 bridgehead atoms. The third kappa shape index (κ3) is 5.08. The SMILES string of the molecule is Cc1ccc(C)c2sc(N(Cc3ccccc3)C(=O)C3CCN(S(=O)(=O)c4ccc(F)cc4F)CC3)nc12.